The first kappa shape index (κ1) is 15.4. The van der Waals surface area contributed by atoms with Crippen molar-refractivity contribution in [3.8, 4) is 16.9 Å². The molecule has 0 spiro atoms. The second-order valence-corrected chi connectivity index (χ2v) is 6.18. The van der Waals surface area contributed by atoms with Gasteiger partial charge in [0.1, 0.15) is 5.75 Å². The van der Waals surface area contributed by atoms with Crippen LogP contribution in [0, 0.1) is 0 Å². The van der Waals surface area contributed by atoms with Gasteiger partial charge in [0.25, 0.3) is 0 Å². The van der Waals surface area contributed by atoms with Gasteiger partial charge in [0.05, 0.1) is 16.1 Å². The number of rotatable bonds is 3. The molecular formula is C17H14BrF3O. The lowest BCUT2D eigenvalue weighted by atomic mass is 9.95. The second-order valence-electron chi connectivity index (χ2n) is 5.33. The molecule has 22 heavy (non-hydrogen) atoms. The fourth-order valence-electron chi connectivity index (χ4n) is 2.46. The van der Waals surface area contributed by atoms with Crippen molar-refractivity contribution >= 4 is 15.9 Å². The molecule has 1 saturated carbocycles. The first-order valence-electron chi connectivity index (χ1n) is 7.08. The zero-order valence-electron chi connectivity index (χ0n) is 11.7. The summed E-state index contributed by atoms with van der Waals surface area (Å²) < 4.78 is 46.4. The predicted molar refractivity (Wildman–Crippen MR) is 82.8 cm³/mol. The van der Waals surface area contributed by atoms with Crippen LogP contribution in [0.25, 0.3) is 11.1 Å². The van der Waals surface area contributed by atoms with Crippen LogP contribution in [0.3, 0.4) is 0 Å². The van der Waals surface area contributed by atoms with Crippen molar-refractivity contribution in [2.75, 3.05) is 0 Å². The van der Waals surface area contributed by atoms with Crippen LogP contribution >= 0.6 is 15.9 Å². The van der Waals surface area contributed by atoms with Gasteiger partial charge < -0.3 is 4.74 Å². The lowest BCUT2D eigenvalue weighted by molar-refractivity contribution is -0.137. The van der Waals surface area contributed by atoms with Crippen molar-refractivity contribution in [3.05, 3.63) is 52.5 Å². The van der Waals surface area contributed by atoms with Crippen molar-refractivity contribution in [3.63, 3.8) is 0 Å². The molecule has 1 fully saturated rings. The normalized spacial score (nSPS) is 15.5. The van der Waals surface area contributed by atoms with Crippen molar-refractivity contribution < 1.29 is 17.9 Å². The minimum Gasteiger partial charge on any atom is -0.489 e. The molecule has 0 bridgehead atoms. The van der Waals surface area contributed by atoms with Gasteiger partial charge in [0.2, 0.25) is 0 Å². The second kappa shape index (κ2) is 5.95. The summed E-state index contributed by atoms with van der Waals surface area (Å²) in [5.41, 5.74) is -0.0358. The number of hydrogen-bond donors (Lipinski definition) is 0. The predicted octanol–water partition coefficient (Wildman–Crippen LogP) is 6.07. The highest BCUT2D eigenvalue weighted by atomic mass is 79.9. The molecule has 0 saturated heterocycles. The van der Waals surface area contributed by atoms with E-state index in [1.165, 1.54) is 12.1 Å². The summed E-state index contributed by atoms with van der Waals surface area (Å²) in [5, 5.41) is 0. The Balaban J connectivity index is 2.10. The van der Waals surface area contributed by atoms with Gasteiger partial charge in [-0.25, -0.2) is 0 Å². The molecule has 1 aliphatic carbocycles. The highest BCUT2D eigenvalue weighted by Crippen LogP contribution is 2.44. The molecular weight excluding hydrogens is 357 g/mol. The van der Waals surface area contributed by atoms with Crippen LogP contribution in [0.1, 0.15) is 24.8 Å². The minimum absolute atomic E-state index is 0.0931. The van der Waals surface area contributed by atoms with Crippen LogP contribution < -0.4 is 4.74 Å². The molecule has 0 N–H and O–H groups in total. The SMILES string of the molecule is FC(F)(F)c1ccccc1-c1cccc(Br)c1OC1CCC1. The summed E-state index contributed by atoms with van der Waals surface area (Å²) in [4.78, 5) is 0. The molecule has 1 aliphatic rings. The molecule has 116 valence electrons. The quantitative estimate of drug-likeness (QED) is 0.637. The van der Waals surface area contributed by atoms with Gasteiger partial charge in [-0.3, -0.25) is 0 Å². The number of benzene rings is 2. The Morgan fingerprint density at radius 3 is 2.27 bits per heavy atom. The van der Waals surface area contributed by atoms with Crippen LogP contribution in [0.15, 0.2) is 46.9 Å². The average molecular weight is 371 g/mol. The van der Waals surface area contributed by atoms with Crippen molar-refractivity contribution in [2.45, 2.75) is 31.5 Å². The van der Waals surface area contributed by atoms with Crippen molar-refractivity contribution in [1.82, 2.24) is 0 Å². The van der Waals surface area contributed by atoms with E-state index in [-0.39, 0.29) is 11.7 Å². The molecule has 5 heteroatoms. The third-order valence-corrected chi connectivity index (χ3v) is 4.45. The Bertz CT molecular complexity index is 678. The van der Waals surface area contributed by atoms with Crippen LogP contribution in [0.4, 0.5) is 13.2 Å². The van der Waals surface area contributed by atoms with Crippen molar-refractivity contribution in [2.24, 2.45) is 0 Å². The summed E-state index contributed by atoms with van der Waals surface area (Å²) in [7, 11) is 0. The number of alkyl halides is 3. The summed E-state index contributed by atoms with van der Waals surface area (Å²) >= 11 is 3.39. The monoisotopic (exact) mass is 370 g/mol. The van der Waals surface area contributed by atoms with Crippen LogP contribution in [0.5, 0.6) is 5.75 Å². The molecule has 3 rings (SSSR count). The van der Waals surface area contributed by atoms with Gasteiger partial charge >= 0.3 is 6.18 Å². The van der Waals surface area contributed by atoms with Crippen LogP contribution in [0.2, 0.25) is 0 Å². The van der Waals surface area contributed by atoms with E-state index in [9.17, 15) is 13.2 Å². The molecule has 0 atom stereocenters. The summed E-state index contributed by atoms with van der Waals surface area (Å²) in [6.07, 6.45) is -1.31. The summed E-state index contributed by atoms with van der Waals surface area (Å²) in [5.74, 6) is 0.490. The third kappa shape index (κ3) is 3.00. The van der Waals surface area contributed by atoms with E-state index in [1.54, 1.807) is 24.3 Å². The van der Waals surface area contributed by atoms with Gasteiger partial charge in [0.15, 0.2) is 0 Å². The van der Waals surface area contributed by atoms with E-state index in [0.29, 0.717) is 15.8 Å². The van der Waals surface area contributed by atoms with E-state index in [2.05, 4.69) is 15.9 Å². The van der Waals surface area contributed by atoms with Gasteiger partial charge in [-0.05, 0) is 52.9 Å². The standard InChI is InChI=1S/C17H14BrF3O/c18-15-10-4-8-13(16(15)22-11-5-3-6-11)12-7-1-2-9-14(12)17(19,20)21/h1-2,4,7-11H,3,5-6H2. The first-order valence-corrected chi connectivity index (χ1v) is 7.88. The van der Waals surface area contributed by atoms with Crippen LogP contribution in [-0.2, 0) is 6.18 Å². The Morgan fingerprint density at radius 1 is 0.955 bits per heavy atom. The Labute approximate surface area is 135 Å². The zero-order valence-corrected chi connectivity index (χ0v) is 13.2. The zero-order chi connectivity index (χ0) is 15.7. The van der Waals surface area contributed by atoms with Gasteiger partial charge in [-0.15, -0.1) is 0 Å². The highest BCUT2D eigenvalue weighted by molar-refractivity contribution is 9.10. The Kier molecular flexibility index (Phi) is 4.17. The number of para-hydroxylation sites is 1. The average Bonchev–Trinajstić information content (AvgIpc) is 2.43. The van der Waals surface area contributed by atoms with E-state index in [4.69, 9.17) is 4.74 Å². The van der Waals surface area contributed by atoms with E-state index in [0.717, 1.165) is 25.3 Å². The van der Waals surface area contributed by atoms with Gasteiger partial charge in [-0.1, -0.05) is 30.3 Å². The minimum atomic E-state index is -4.40. The fourth-order valence-corrected chi connectivity index (χ4v) is 2.92. The molecule has 0 unspecified atom stereocenters. The van der Waals surface area contributed by atoms with Gasteiger partial charge in [0, 0.05) is 5.56 Å². The lowest BCUT2D eigenvalue weighted by Crippen LogP contribution is -2.25. The first-order chi connectivity index (χ1) is 10.5. The molecule has 0 aromatic heterocycles. The molecule has 2 aromatic carbocycles. The maximum Gasteiger partial charge on any atom is 0.417 e. The van der Waals surface area contributed by atoms with E-state index in [1.807, 2.05) is 0 Å². The molecule has 0 radical (unpaired) electrons. The maximum absolute atomic E-state index is 13.3. The van der Waals surface area contributed by atoms with E-state index >= 15 is 0 Å². The van der Waals surface area contributed by atoms with Gasteiger partial charge in [-0.2, -0.15) is 13.2 Å². The summed E-state index contributed by atoms with van der Waals surface area (Å²) in [6, 6.07) is 10.8. The molecule has 0 amide bonds. The summed E-state index contributed by atoms with van der Waals surface area (Å²) in [6.45, 7) is 0. The highest BCUT2D eigenvalue weighted by Gasteiger charge is 2.34. The number of halogens is 4. The van der Waals surface area contributed by atoms with Crippen molar-refractivity contribution in [1.29, 1.82) is 0 Å². The fraction of sp³-hybridized carbons (Fsp3) is 0.294. The topological polar surface area (TPSA) is 9.23 Å². The number of ether oxygens (including phenoxy) is 1. The lowest BCUT2D eigenvalue weighted by Gasteiger charge is -2.28. The smallest absolute Gasteiger partial charge is 0.417 e. The van der Waals surface area contributed by atoms with Crippen LogP contribution in [-0.4, -0.2) is 6.10 Å². The Hall–Kier alpha value is -1.49. The molecule has 2 aromatic rings. The Morgan fingerprint density at radius 2 is 1.64 bits per heavy atom. The van der Waals surface area contributed by atoms with E-state index < -0.39 is 11.7 Å². The number of hydrogen-bond acceptors (Lipinski definition) is 1. The molecule has 1 nitrogen and oxygen atoms in total. The maximum atomic E-state index is 13.3. The molecule has 0 heterocycles. The third-order valence-electron chi connectivity index (χ3n) is 3.83. The largest absolute Gasteiger partial charge is 0.489 e. The molecule has 0 aliphatic heterocycles.